The molecule has 1 aromatic carbocycles. The average molecular weight is 259 g/mol. The molecule has 0 radical (unpaired) electrons. The number of esters is 2. The molecule has 1 aromatic heterocycles. The summed E-state index contributed by atoms with van der Waals surface area (Å²) in [6, 6.07) is 10.1. The van der Waals surface area contributed by atoms with Gasteiger partial charge in [-0.15, -0.1) is 0 Å². The molecule has 0 aliphatic carbocycles. The fourth-order valence-electron chi connectivity index (χ4n) is 1.60. The molecule has 0 bridgehead atoms. The number of ether oxygens (including phenoxy) is 2. The van der Waals surface area contributed by atoms with E-state index < -0.39 is 11.9 Å². The lowest BCUT2D eigenvalue weighted by Crippen LogP contribution is -2.08. The largest absolute Gasteiger partial charge is 0.464 e. The first kappa shape index (κ1) is 12.9. The Labute approximate surface area is 110 Å². The molecule has 0 aliphatic heterocycles. The number of rotatable bonds is 3. The van der Waals surface area contributed by atoms with Crippen LogP contribution in [-0.2, 0) is 4.74 Å². The van der Waals surface area contributed by atoms with Crippen LogP contribution in [0.25, 0.3) is 0 Å². The van der Waals surface area contributed by atoms with Crippen LogP contribution in [0.3, 0.4) is 0 Å². The third-order valence-corrected chi connectivity index (χ3v) is 2.58. The molecule has 19 heavy (non-hydrogen) atoms. The molecule has 1 heterocycles. The molecule has 2 aromatic rings. The zero-order chi connectivity index (χ0) is 13.8. The predicted molar refractivity (Wildman–Crippen MR) is 68.3 cm³/mol. The number of carbonyl (C=O) groups excluding carboxylic acids is 2. The summed E-state index contributed by atoms with van der Waals surface area (Å²) in [6.45, 7) is 1.71. The van der Waals surface area contributed by atoms with Gasteiger partial charge >= 0.3 is 11.9 Å². The van der Waals surface area contributed by atoms with E-state index in [0.29, 0.717) is 17.0 Å². The van der Waals surface area contributed by atoms with Gasteiger partial charge in [0.05, 0.1) is 18.4 Å². The Bertz CT molecular complexity index is 601. The summed E-state index contributed by atoms with van der Waals surface area (Å²) in [5, 5.41) is 0. The van der Waals surface area contributed by atoms with Gasteiger partial charge in [-0.1, -0.05) is 18.2 Å². The molecule has 5 nitrogen and oxygen atoms in total. The van der Waals surface area contributed by atoms with Crippen LogP contribution in [0.1, 0.15) is 26.5 Å². The zero-order valence-corrected chi connectivity index (χ0v) is 10.6. The van der Waals surface area contributed by atoms with Crippen LogP contribution >= 0.6 is 0 Å². The number of carbonyl (C=O) groups is 2. The second kappa shape index (κ2) is 5.39. The normalized spacial score (nSPS) is 10.0. The van der Waals surface area contributed by atoms with E-state index in [1.807, 2.05) is 6.07 Å². The molecule has 0 spiro atoms. The van der Waals surface area contributed by atoms with Crippen LogP contribution in [0.4, 0.5) is 0 Å². The molecule has 2 rings (SSSR count). The Kier molecular flexibility index (Phi) is 3.66. The number of methoxy groups -OCH3 is 1. The summed E-state index contributed by atoms with van der Waals surface area (Å²) in [5.74, 6) is -0.668. The SMILES string of the molecule is COC(=O)c1cc(OC(=O)c2ccccc2)c(C)[nH]1. The lowest BCUT2D eigenvalue weighted by atomic mass is 10.2. The minimum Gasteiger partial charge on any atom is -0.464 e. The van der Waals surface area contributed by atoms with Crippen LogP contribution in [0.2, 0.25) is 0 Å². The van der Waals surface area contributed by atoms with Crippen molar-refractivity contribution in [1.82, 2.24) is 4.98 Å². The number of aromatic nitrogens is 1. The summed E-state index contributed by atoms with van der Waals surface area (Å²) in [4.78, 5) is 26.0. The summed E-state index contributed by atoms with van der Waals surface area (Å²) < 4.78 is 9.81. The molecule has 0 amide bonds. The van der Waals surface area contributed by atoms with Crippen molar-refractivity contribution in [2.45, 2.75) is 6.92 Å². The highest BCUT2D eigenvalue weighted by Crippen LogP contribution is 2.20. The minimum absolute atomic E-state index is 0.246. The van der Waals surface area contributed by atoms with Crippen LogP contribution < -0.4 is 4.74 Å². The van der Waals surface area contributed by atoms with Gasteiger partial charge in [-0.2, -0.15) is 0 Å². The molecule has 1 N–H and O–H groups in total. The van der Waals surface area contributed by atoms with Crippen molar-refractivity contribution in [3.63, 3.8) is 0 Å². The first-order valence-electron chi connectivity index (χ1n) is 5.67. The molecule has 0 atom stereocenters. The molecule has 0 fully saturated rings. The molecular formula is C14H13NO4. The van der Waals surface area contributed by atoms with E-state index in [2.05, 4.69) is 9.72 Å². The van der Waals surface area contributed by atoms with Crippen LogP contribution in [0.15, 0.2) is 36.4 Å². The summed E-state index contributed by atoms with van der Waals surface area (Å²) in [5.41, 5.74) is 1.28. The maximum absolute atomic E-state index is 11.9. The van der Waals surface area contributed by atoms with Gasteiger partial charge in [-0.25, -0.2) is 9.59 Å². The van der Waals surface area contributed by atoms with Crippen molar-refractivity contribution in [3.05, 3.63) is 53.3 Å². The lowest BCUT2D eigenvalue weighted by Gasteiger charge is -2.02. The number of nitrogens with one attached hydrogen (secondary N) is 1. The van der Waals surface area contributed by atoms with Crippen LogP contribution in [-0.4, -0.2) is 24.0 Å². The highest BCUT2D eigenvalue weighted by molar-refractivity contribution is 5.92. The standard InChI is InChI=1S/C14H13NO4/c1-9-12(8-11(15-9)14(17)18-2)19-13(16)10-6-4-3-5-7-10/h3-8,15H,1-2H3. The first-order chi connectivity index (χ1) is 9.11. The number of benzene rings is 1. The second-order valence-electron chi connectivity index (χ2n) is 3.92. The Morgan fingerprint density at radius 1 is 1.11 bits per heavy atom. The van der Waals surface area contributed by atoms with Gasteiger partial charge in [0.15, 0.2) is 5.75 Å². The number of hydrogen-bond donors (Lipinski definition) is 1. The van der Waals surface area contributed by atoms with Crippen molar-refractivity contribution < 1.29 is 19.1 Å². The van der Waals surface area contributed by atoms with Gasteiger partial charge in [0.1, 0.15) is 5.69 Å². The van der Waals surface area contributed by atoms with E-state index in [1.165, 1.54) is 13.2 Å². The zero-order valence-electron chi connectivity index (χ0n) is 10.6. The highest BCUT2D eigenvalue weighted by atomic mass is 16.5. The Hall–Kier alpha value is -2.56. The van der Waals surface area contributed by atoms with Gasteiger partial charge in [-0.05, 0) is 19.1 Å². The quantitative estimate of drug-likeness (QED) is 0.859. The Morgan fingerprint density at radius 3 is 2.42 bits per heavy atom. The van der Waals surface area contributed by atoms with Gasteiger partial charge in [0.25, 0.3) is 0 Å². The third-order valence-electron chi connectivity index (χ3n) is 2.58. The van der Waals surface area contributed by atoms with E-state index in [1.54, 1.807) is 31.2 Å². The Morgan fingerprint density at radius 2 is 1.79 bits per heavy atom. The predicted octanol–water partition coefficient (Wildman–Crippen LogP) is 2.33. The maximum atomic E-state index is 11.9. The number of hydrogen-bond acceptors (Lipinski definition) is 4. The molecule has 0 saturated carbocycles. The molecule has 0 unspecified atom stereocenters. The van der Waals surface area contributed by atoms with Gasteiger partial charge < -0.3 is 14.5 Å². The molecule has 0 aliphatic rings. The van der Waals surface area contributed by atoms with E-state index in [0.717, 1.165) is 0 Å². The molecule has 5 heteroatoms. The number of aromatic amines is 1. The number of aryl methyl sites for hydroxylation is 1. The minimum atomic E-state index is -0.509. The van der Waals surface area contributed by atoms with E-state index in [9.17, 15) is 9.59 Å². The monoisotopic (exact) mass is 259 g/mol. The lowest BCUT2D eigenvalue weighted by molar-refractivity contribution is 0.0593. The van der Waals surface area contributed by atoms with Crippen molar-refractivity contribution >= 4 is 11.9 Å². The summed E-state index contributed by atoms with van der Waals surface area (Å²) in [7, 11) is 1.29. The van der Waals surface area contributed by atoms with Crippen molar-refractivity contribution in [3.8, 4) is 5.75 Å². The van der Waals surface area contributed by atoms with E-state index in [4.69, 9.17) is 4.74 Å². The van der Waals surface area contributed by atoms with Gasteiger partial charge in [-0.3, -0.25) is 0 Å². The smallest absolute Gasteiger partial charge is 0.354 e. The molecule has 98 valence electrons. The summed E-state index contributed by atoms with van der Waals surface area (Å²) in [6.07, 6.45) is 0. The highest BCUT2D eigenvalue weighted by Gasteiger charge is 2.16. The fraction of sp³-hybridized carbons (Fsp3) is 0.143. The van der Waals surface area contributed by atoms with Crippen molar-refractivity contribution in [1.29, 1.82) is 0 Å². The molecular weight excluding hydrogens is 246 g/mol. The fourth-order valence-corrected chi connectivity index (χ4v) is 1.60. The average Bonchev–Trinajstić information content (AvgIpc) is 2.80. The van der Waals surface area contributed by atoms with E-state index in [-0.39, 0.29) is 5.69 Å². The van der Waals surface area contributed by atoms with Crippen molar-refractivity contribution in [2.75, 3.05) is 7.11 Å². The maximum Gasteiger partial charge on any atom is 0.354 e. The summed E-state index contributed by atoms with van der Waals surface area (Å²) >= 11 is 0. The Balaban J connectivity index is 2.18. The topological polar surface area (TPSA) is 68.4 Å². The third kappa shape index (κ3) is 2.82. The molecule has 0 saturated heterocycles. The first-order valence-corrected chi connectivity index (χ1v) is 5.67. The van der Waals surface area contributed by atoms with Crippen LogP contribution in [0.5, 0.6) is 5.75 Å². The number of H-pyrrole nitrogens is 1. The van der Waals surface area contributed by atoms with Gasteiger partial charge in [0, 0.05) is 6.07 Å². The van der Waals surface area contributed by atoms with E-state index >= 15 is 0 Å². The van der Waals surface area contributed by atoms with Gasteiger partial charge in [0.2, 0.25) is 0 Å². The second-order valence-corrected chi connectivity index (χ2v) is 3.92. The van der Waals surface area contributed by atoms with Crippen LogP contribution in [0, 0.1) is 6.92 Å². The van der Waals surface area contributed by atoms with Crippen molar-refractivity contribution in [2.24, 2.45) is 0 Å².